The number of amides is 2. The van der Waals surface area contributed by atoms with E-state index in [0.717, 1.165) is 5.69 Å². The minimum absolute atomic E-state index is 0.159. The van der Waals surface area contributed by atoms with Crippen LogP contribution in [0.1, 0.15) is 23.7 Å². The smallest absolute Gasteiger partial charge is 0.255 e. The van der Waals surface area contributed by atoms with Crippen LogP contribution in [0.25, 0.3) is 0 Å². The number of ether oxygens (including phenoxy) is 2. The lowest BCUT2D eigenvalue weighted by Gasteiger charge is -2.37. The van der Waals surface area contributed by atoms with Gasteiger partial charge in [-0.1, -0.05) is 18.5 Å². The van der Waals surface area contributed by atoms with Crippen LogP contribution in [0.4, 0.5) is 11.4 Å². The van der Waals surface area contributed by atoms with Crippen LogP contribution in [-0.4, -0.2) is 57.1 Å². The number of halogens is 1. The lowest BCUT2D eigenvalue weighted by atomic mass is 10.1. The first-order valence-electron chi connectivity index (χ1n) is 9.81. The van der Waals surface area contributed by atoms with E-state index >= 15 is 0 Å². The van der Waals surface area contributed by atoms with Crippen molar-refractivity contribution in [2.24, 2.45) is 0 Å². The number of nitrogens with zero attached hydrogens (tertiary/aromatic N) is 2. The molecular weight excluding hydrogens is 406 g/mol. The maximum atomic E-state index is 12.9. The van der Waals surface area contributed by atoms with Gasteiger partial charge in [0, 0.05) is 49.3 Å². The molecule has 7 nitrogen and oxygen atoms in total. The second-order valence-electron chi connectivity index (χ2n) is 6.94. The van der Waals surface area contributed by atoms with Gasteiger partial charge in [0.2, 0.25) is 5.91 Å². The van der Waals surface area contributed by atoms with E-state index in [1.54, 1.807) is 30.3 Å². The number of nitrogens with one attached hydrogen (secondary N) is 1. The number of methoxy groups -OCH3 is 2. The van der Waals surface area contributed by atoms with Crippen LogP contribution in [-0.2, 0) is 4.79 Å². The Hall–Kier alpha value is -2.93. The van der Waals surface area contributed by atoms with Gasteiger partial charge in [-0.15, -0.1) is 0 Å². The third-order valence-corrected chi connectivity index (χ3v) is 5.33. The van der Waals surface area contributed by atoms with E-state index < -0.39 is 0 Å². The summed E-state index contributed by atoms with van der Waals surface area (Å²) in [5, 5.41) is 3.48. The molecule has 3 rings (SSSR count). The van der Waals surface area contributed by atoms with Gasteiger partial charge in [0.25, 0.3) is 5.91 Å². The molecule has 0 radical (unpaired) electrons. The van der Waals surface area contributed by atoms with Crippen molar-refractivity contribution in [2.75, 3.05) is 50.6 Å². The van der Waals surface area contributed by atoms with E-state index in [4.69, 9.17) is 21.1 Å². The Morgan fingerprint density at radius 3 is 2.20 bits per heavy atom. The van der Waals surface area contributed by atoms with Crippen LogP contribution in [0.3, 0.4) is 0 Å². The fraction of sp³-hybridized carbons (Fsp3) is 0.364. The van der Waals surface area contributed by atoms with Crippen LogP contribution in [0, 0.1) is 0 Å². The Labute approximate surface area is 181 Å². The van der Waals surface area contributed by atoms with Gasteiger partial charge in [-0.3, -0.25) is 9.59 Å². The van der Waals surface area contributed by atoms with Gasteiger partial charge >= 0.3 is 0 Å². The number of hydrogen-bond acceptors (Lipinski definition) is 5. The molecule has 0 bridgehead atoms. The van der Waals surface area contributed by atoms with Crippen molar-refractivity contribution in [3.63, 3.8) is 0 Å². The van der Waals surface area contributed by atoms with Crippen LogP contribution in [0.15, 0.2) is 36.4 Å². The van der Waals surface area contributed by atoms with E-state index in [9.17, 15) is 9.59 Å². The average molecular weight is 432 g/mol. The molecule has 160 valence electrons. The molecule has 0 aromatic heterocycles. The zero-order chi connectivity index (χ0) is 21.7. The van der Waals surface area contributed by atoms with Gasteiger partial charge in [-0.25, -0.2) is 0 Å². The van der Waals surface area contributed by atoms with Crippen molar-refractivity contribution < 1.29 is 19.1 Å². The highest BCUT2D eigenvalue weighted by Crippen LogP contribution is 2.31. The predicted octanol–water partition coefficient (Wildman–Crippen LogP) is 3.67. The number of carbonyl (C=O) groups excluding carboxylic acids is 2. The summed E-state index contributed by atoms with van der Waals surface area (Å²) in [5.74, 6) is 0.923. The molecule has 1 fully saturated rings. The highest BCUT2D eigenvalue weighted by Gasteiger charge is 2.22. The summed E-state index contributed by atoms with van der Waals surface area (Å²) >= 11 is 6.20. The molecule has 0 unspecified atom stereocenters. The summed E-state index contributed by atoms with van der Waals surface area (Å²) in [4.78, 5) is 28.9. The van der Waals surface area contributed by atoms with Crippen LogP contribution >= 0.6 is 11.6 Å². The van der Waals surface area contributed by atoms with Crippen molar-refractivity contribution in [2.45, 2.75) is 13.3 Å². The molecule has 1 saturated heterocycles. The van der Waals surface area contributed by atoms with Gasteiger partial charge in [0.1, 0.15) is 11.5 Å². The first-order chi connectivity index (χ1) is 14.4. The van der Waals surface area contributed by atoms with Crippen molar-refractivity contribution in [3.8, 4) is 11.5 Å². The molecule has 0 saturated carbocycles. The molecule has 0 spiro atoms. The number of hydrogen-bond donors (Lipinski definition) is 1. The zero-order valence-corrected chi connectivity index (χ0v) is 18.2. The summed E-state index contributed by atoms with van der Waals surface area (Å²) in [7, 11) is 3.07. The second kappa shape index (κ2) is 9.71. The lowest BCUT2D eigenvalue weighted by Crippen LogP contribution is -2.48. The first kappa shape index (κ1) is 21.8. The molecule has 1 aliphatic heterocycles. The third-order valence-electron chi connectivity index (χ3n) is 5.10. The molecule has 0 atom stereocenters. The first-order valence-corrected chi connectivity index (χ1v) is 10.2. The van der Waals surface area contributed by atoms with Gasteiger partial charge in [0.05, 0.1) is 25.6 Å². The van der Waals surface area contributed by atoms with Gasteiger partial charge in [0.15, 0.2) is 0 Å². The summed E-state index contributed by atoms with van der Waals surface area (Å²) in [6.45, 7) is 4.53. The number of benzene rings is 2. The lowest BCUT2D eigenvalue weighted by molar-refractivity contribution is -0.131. The van der Waals surface area contributed by atoms with Crippen molar-refractivity contribution in [1.29, 1.82) is 0 Å². The summed E-state index contributed by atoms with van der Waals surface area (Å²) < 4.78 is 10.5. The Kier molecular flexibility index (Phi) is 7.05. The molecule has 2 aromatic carbocycles. The fourth-order valence-electron chi connectivity index (χ4n) is 3.44. The molecule has 1 N–H and O–H groups in total. The number of rotatable bonds is 6. The van der Waals surface area contributed by atoms with Crippen LogP contribution in [0.2, 0.25) is 5.02 Å². The molecule has 1 heterocycles. The Morgan fingerprint density at radius 1 is 1.00 bits per heavy atom. The maximum Gasteiger partial charge on any atom is 0.255 e. The van der Waals surface area contributed by atoms with E-state index in [1.165, 1.54) is 14.2 Å². The molecule has 2 amide bonds. The molecule has 8 heteroatoms. The summed E-state index contributed by atoms with van der Waals surface area (Å²) in [5.41, 5.74) is 1.89. The molecular formula is C22H26ClN3O4. The van der Waals surface area contributed by atoms with Gasteiger partial charge in [-0.2, -0.15) is 0 Å². The van der Waals surface area contributed by atoms with E-state index in [0.29, 0.717) is 60.4 Å². The van der Waals surface area contributed by atoms with Crippen molar-refractivity contribution in [3.05, 3.63) is 47.0 Å². The van der Waals surface area contributed by atoms with Crippen LogP contribution < -0.4 is 19.7 Å². The standard InChI is InChI=1S/C22H26ClN3O4/c1-4-21(27)26-9-7-25(8-10-26)20-6-5-16(23)13-19(20)24-22(28)15-11-17(29-2)14-18(12-15)30-3/h5-6,11-14H,4,7-10H2,1-3H3,(H,24,28). The Bertz CT molecular complexity index is 904. The SMILES string of the molecule is CCC(=O)N1CCN(c2ccc(Cl)cc2NC(=O)c2cc(OC)cc(OC)c2)CC1. The maximum absolute atomic E-state index is 12.9. The van der Waals surface area contributed by atoms with Gasteiger partial charge in [-0.05, 0) is 30.3 Å². The molecule has 1 aliphatic rings. The largest absolute Gasteiger partial charge is 0.497 e. The summed E-state index contributed by atoms with van der Waals surface area (Å²) in [6.07, 6.45) is 0.506. The van der Waals surface area contributed by atoms with E-state index in [-0.39, 0.29) is 11.8 Å². The Morgan fingerprint density at radius 2 is 1.63 bits per heavy atom. The highest BCUT2D eigenvalue weighted by atomic mass is 35.5. The monoisotopic (exact) mass is 431 g/mol. The minimum Gasteiger partial charge on any atom is -0.497 e. The minimum atomic E-state index is -0.296. The van der Waals surface area contributed by atoms with E-state index in [2.05, 4.69) is 10.2 Å². The number of piperazine rings is 1. The number of anilines is 2. The molecule has 30 heavy (non-hydrogen) atoms. The Balaban J connectivity index is 1.81. The summed E-state index contributed by atoms with van der Waals surface area (Å²) in [6, 6.07) is 10.4. The normalized spacial score (nSPS) is 13.7. The molecule has 2 aromatic rings. The second-order valence-corrected chi connectivity index (χ2v) is 7.37. The number of carbonyl (C=O) groups is 2. The average Bonchev–Trinajstić information content (AvgIpc) is 2.78. The fourth-order valence-corrected chi connectivity index (χ4v) is 3.61. The predicted molar refractivity (Wildman–Crippen MR) is 118 cm³/mol. The topological polar surface area (TPSA) is 71.1 Å². The van der Waals surface area contributed by atoms with Crippen LogP contribution in [0.5, 0.6) is 11.5 Å². The zero-order valence-electron chi connectivity index (χ0n) is 17.4. The highest BCUT2D eigenvalue weighted by molar-refractivity contribution is 6.31. The van der Waals surface area contributed by atoms with Crippen molar-refractivity contribution >= 4 is 34.8 Å². The van der Waals surface area contributed by atoms with Crippen molar-refractivity contribution in [1.82, 2.24) is 4.90 Å². The molecule has 0 aliphatic carbocycles. The van der Waals surface area contributed by atoms with Gasteiger partial charge < -0.3 is 24.6 Å². The third kappa shape index (κ3) is 4.97. The quantitative estimate of drug-likeness (QED) is 0.755. The van der Waals surface area contributed by atoms with E-state index in [1.807, 2.05) is 17.9 Å².